The van der Waals surface area contributed by atoms with E-state index in [9.17, 15) is 0 Å². The van der Waals surface area contributed by atoms with Crippen LogP contribution in [0.1, 0.15) is 63.2 Å². The summed E-state index contributed by atoms with van der Waals surface area (Å²) in [5.74, 6) is 2.55. The molecule has 2 aliphatic rings. The van der Waals surface area contributed by atoms with Crippen LogP contribution >= 0.6 is 0 Å². The first kappa shape index (κ1) is 20.2. The van der Waals surface area contributed by atoms with E-state index in [1.165, 1.54) is 6.33 Å². The summed E-state index contributed by atoms with van der Waals surface area (Å²) in [5, 5.41) is 13.4. The van der Waals surface area contributed by atoms with Gasteiger partial charge in [-0.25, -0.2) is 24.6 Å². The van der Waals surface area contributed by atoms with Crippen LogP contribution in [0.25, 0.3) is 33.8 Å². The molecular weight excluding hydrogens is 418 g/mol. The number of fused-ring (bicyclic) bond motifs is 1. The van der Waals surface area contributed by atoms with E-state index in [0.29, 0.717) is 45.9 Å². The standard InChI is InChI=1S/C23H27N9O/c1-23(2,3)32-22-16(20(24)28-11-29-22)17(30-32)18-15(19(33-31-18)12-4-5-12)21-26-9-14(10-27-21)13-6-7-25-8-13/h9-13,25H,4-8H2,1-3H3,(H2,24,28,29)/t13-/m0/s1. The lowest BCUT2D eigenvalue weighted by molar-refractivity contribution is 0.365. The molecular formula is C23H27N9O. The largest absolute Gasteiger partial charge is 0.383 e. The highest BCUT2D eigenvalue weighted by Gasteiger charge is 2.36. The van der Waals surface area contributed by atoms with Crippen molar-refractivity contribution < 1.29 is 4.52 Å². The van der Waals surface area contributed by atoms with Crippen molar-refractivity contribution in [2.75, 3.05) is 18.8 Å². The van der Waals surface area contributed by atoms with Crippen LogP contribution in [0.2, 0.25) is 0 Å². The van der Waals surface area contributed by atoms with Gasteiger partial charge >= 0.3 is 0 Å². The zero-order chi connectivity index (χ0) is 22.7. The normalized spacial score (nSPS) is 18.9. The number of hydrogen-bond acceptors (Lipinski definition) is 9. The minimum Gasteiger partial charge on any atom is -0.383 e. The summed E-state index contributed by atoms with van der Waals surface area (Å²) in [4.78, 5) is 18.2. The maximum absolute atomic E-state index is 6.31. The first-order chi connectivity index (χ1) is 15.9. The Bertz CT molecular complexity index is 1320. The SMILES string of the molecule is CC(C)(C)n1nc(-c2noc(C3CC3)c2-c2ncc([C@H]3CCNC3)cn2)c2c(N)ncnc21. The zero-order valence-electron chi connectivity index (χ0n) is 19.0. The fraction of sp³-hybridized carbons (Fsp3) is 0.478. The molecule has 3 N–H and O–H groups in total. The van der Waals surface area contributed by atoms with Crippen LogP contribution in [0.3, 0.4) is 0 Å². The van der Waals surface area contributed by atoms with Crippen molar-refractivity contribution >= 4 is 16.9 Å². The van der Waals surface area contributed by atoms with Gasteiger partial charge < -0.3 is 15.6 Å². The first-order valence-corrected chi connectivity index (χ1v) is 11.4. The van der Waals surface area contributed by atoms with Crippen molar-refractivity contribution in [2.45, 2.75) is 57.4 Å². The van der Waals surface area contributed by atoms with Gasteiger partial charge in [0.15, 0.2) is 17.2 Å². The molecule has 33 heavy (non-hydrogen) atoms. The highest BCUT2D eigenvalue weighted by atomic mass is 16.5. The Balaban J connectivity index is 1.53. The third-order valence-electron chi connectivity index (χ3n) is 6.45. The van der Waals surface area contributed by atoms with Crippen molar-refractivity contribution in [3.8, 4) is 22.8 Å². The van der Waals surface area contributed by atoms with Crippen LogP contribution in [-0.2, 0) is 5.54 Å². The van der Waals surface area contributed by atoms with Gasteiger partial charge in [-0.05, 0) is 52.1 Å². The van der Waals surface area contributed by atoms with Crippen molar-refractivity contribution in [2.24, 2.45) is 0 Å². The fourth-order valence-electron chi connectivity index (χ4n) is 4.53. The zero-order valence-corrected chi connectivity index (χ0v) is 19.0. The molecule has 6 rings (SSSR count). The van der Waals surface area contributed by atoms with Crippen LogP contribution in [-0.4, -0.2) is 48.0 Å². The van der Waals surface area contributed by atoms with E-state index in [0.717, 1.165) is 49.2 Å². The second-order valence-electron chi connectivity index (χ2n) is 9.96. The van der Waals surface area contributed by atoms with Crippen molar-refractivity contribution in [1.29, 1.82) is 0 Å². The van der Waals surface area contributed by atoms with Gasteiger partial charge in [-0.15, -0.1) is 0 Å². The Hall–Kier alpha value is -3.40. The summed E-state index contributed by atoms with van der Waals surface area (Å²) in [5.41, 5.74) is 9.78. The van der Waals surface area contributed by atoms with Gasteiger partial charge in [-0.2, -0.15) is 5.10 Å². The van der Waals surface area contributed by atoms with Gasteiger partial charge in [-0.3, -0.25) is 0 Å². The van der Waals surface area contributed by atoms with E-state index >= 15 is 0 Å². The molecule has 1 saturated heterocycles. The molecule has 0 radical (unpaired) electrons. The molecule has 10 nitrogen and oxygen atoms in total. The van der Waals surface area contributed by atoms with Gasteiger partial charge in [0.2, 0.25) is 0 Å². The molecule has 4 aromatic heterocycles. The van der Waals surface area contributed by atoms with E-state index in [4.69, 9.17) is 25.3 Å². The topological polar surface area (TPSA) is 133 Å². The monoisotopic (exact) mass is 445 g/mol. The van der Waals surface area contributed by atoms with Crippen LogP contribution in [0.15, 0.2) is 23.2 Å². The number of nitrogens with two attached hydrogens (primary N) is 1. The lowest BCUT2D eigenvalue weighted by Gasteiger charge is -2.19. The predicted octanol–water partition coefficient (Wildman–Crippen LogP) is 3.23. The predicted molar refractivity (Wildman–Crippen MR) is 123 cm³/mol. The number of aromatic nitrogens is 7. The maximum Gasteiger partial charge on any atom is 0.165 e. The number of nitrogen functional groups attached to an aromatic ring is 1. The van der Waals surface area contributed by atoms with Crippen molar-refractivity contribution in [3.05, 3.63) is 30.0 Å². The number of rotatable bonds is 4. The van der Waals surface area contributed by atoms with Crippen LogP contribution in [0, 0.1) is 0 Å². The molecule has 1 aliphatic heterocycles. The summed E-state index contributed by atoms with van der Waals surface area (Å²) >= 11 is 0. The smallest absolute Gasteiger partial charge is 0.165 e. The van der Waals surface area contributed by atoms with Gasteiger partial charge in [0.1, 0.15) is 23.5 Å². The van der Waals surface area contributed by atoms with E-state index in [-0.39, 0.29) is 5.54 Å². The average molecular weight is 446 g/mol. The molecule has 10 heteroatoms. The minimum atomic E-state index is -0.312. The highest BCUT2D eigenvalue weighted by Crippen LogP contribution is 2.48. The minimum absolute atomic E-state index is 0.312. The van der Waals surface area contributed by atoms with Gasteiger partial charge in [-0.1, -0.05) is 5.16 Å². The molecule has 1 aliphatic carbocycles. The van der Waals surface area contributed by atoms with Crippen molar-refractivity contribution in [3.63, 3.8) is 0 Å². The first-order valence-electron chi connectivity index (χ1n) is 11.4. The van der Waals surface area contributed by atoms with E-state index < -0.39 is 0 Å². The Morgan fingerprint density at radius 3 is 2.48 bits per heavy atom. The molecule has 4 aromatic rings. The van der Waals surface area contributed by atoms with E-state index in [1.54, 1.807) is 0 Å². The summed E-state index contributed by atoms with van der Waals surface area (Å²) in [6.07, 6.45) is 8.55. The van der Waals surface area contributed by atoms with Gasteiger partial charge in [0.25, 0.3) is 0 Å². The molecule has 5 heterocycles. The lowest BCUT2D eigenvalue weighted by atomic mass is 10.0. The van der Waals surface area contributed by atoms with Crippen LogP contribution in [0.4, 0.5) is 5.82 Å². The molecule has 0 unspecified atom stereocenters. The molecule has 170 valence electrons. The average Bonchev–Trinajstić information content (AvgIpc) is 3.18. The Morgan fingerprint density at radius 2 is 1.82 bits per heavy atom. The second kappa shape index (κ2) is 7.31. The molecule has 2 fully saturated rings. The lowest BCUT2D eigenvalue weighted by Crippen LogP contribution is -2.23. The third kappa shape index (κ3) is 3.36. The van der Waals surface area contributed by atoms with Gasteiger partial charge in [0, 0.05) is 30.8 Å². The summed E-state index contributed by atoms with van der Waals surface area (Å²) in [6.45, 7) is 8.20. The highest BCUT2D eigenvalue weighted by molar-refractivity contribution is 6.00. The molecule has 1 atom stereocenters. The van der Waals surface area contributed by atoms with Gasteiger partial charge in [0.05, 0.1) is 16.5 Å². The fourth-order valence-corrected chi connectivity index (χ4v) is 4.53. The maximum atomic E-state index is 6.31. The number of nitrogens with one attached hydrogen (secondary N) is 1. The molecule has 0 aromatic carbocycles. The quantitative estimate of drug-likeness (QED) is 0.485. The van der Waals surface area contributed by atoms with Crippen molar-refractivity contribution in [1.82, 2.24) is 40.2 Å². The van der Waals surface area contributed by atoms with Crippen LogP contribution in [0.5, 0.6) is 0 Å². The molecule has 0 amide bonds. The Labute approximate surface area is 191 Å². The van der Waals surface area contributed by atoms with Crippen LogP contribution < -0.4 is 11.1 Å². The summed E-state index contributed by atoms with van der Waals surface area (Å²) in [7, 11) is 0. The third-order valence-corrected chi connectivity index (χ3v) is 6.45. The molecule has 0 spiro atoms. The number of nitrogens with zero attached hydrogens (tertiary/aromatic N) is 7. The number of hydrogen-bond donors (Lipinski definition) is 2. The summed E-state index contributed by atoms with van der Waals surface area (Å²) < 4.78 is 7.73. The number of anilines is 1. The Morgan fingerprint density at radius 1 is 1.03 bits per heavy atom. The second-order valence-corrected chi connectivity index (χ2v) is 9.96. The Kier molecular flexibility index (Phi) is 4.48. The summed E-state index contributed by atoms with van der Waals surface area (Å²) in [6, 6.07) is 0. The molecule has 1 saturated carbocycles. The van der Waals surface area contributed by atoms with E-state index in [2.05, 4.69) is 41.2 Å². The molecule has 0 bridgehead atoms. The van der Waals surface area contributed by atoms with E-state index in [1.807, 2.05) is 17.1 Å².